The first-order valence-corrected chi connectivity index (χ1v) is 11.3. The molecule has 0 nitrogen and oxygen atoms in total. The Morgan fingerprint density at radius 3 is 1.62 bits per heavy atom. The van der Waals surface area contributed by atoms with Gasteiger partial charge < -0.3 is 0 Å². The van der Waals surface area contributed by atoms with Crippen LogP contribution in [0.1, 0.15) is 24.5 Å². The van der Waals surface area contributed by atoms with E-state index in [1.807, 2.05) is 24.3 Å². The van der Waals surface area contributed by atoms with Gasteiger partial charge in [-0.25, -0.2) is 17.6 Å². The maximum absolute atomic E-state index is 15.0. The van der Waals surface area contributed by atoms with Gasteiger partial charge in [-0.3, -0.25) is 0 Å². The molecular formula is C30H19F7. The molecule has 37 heavy (non-hydrogen) atoms. The van der Waals surface area contributed by atoms with Crippen LogP contribution in [-0.2, 0) is 6.42 Å². The Hall–Kier alpha value is -4.05. The SMILES string of the molecule is CCCc1ccc(-c2ccc(-c3ccc(-c4cc(F)c(C#CC(F)(F)F)c(F)c4)c(F)c3)c(F)c2)cc1. The van der Waals surface area contributed by atoms with Crippen LogP contribution in [0.2, 0.25) is 0 Å². The molecule has 0 radical (unpaired) electrons. The molecule has 0 aliphatic heterocycles. The van der Waals surface area contributed by atoms with Gasteiger partial charge in [-0.05, 0) is 58.5 Å². The second kappa shape index (κ2) is 10.5. The summed E-state index contributed by atoms with van der Waals surface area (Å²) in [6, 6.07) is 17.4. The standard InChI is InChI=1S/C30H19F7/c1-2-3-18-4-6-19(7-5-18)20-8-10-23(26(31)14-20)21-9-11-24(27(32)15-21)22-16-28(33)25(29(34)17-22)12-13-30(35,36)37/h4-11,14-17H,2-3H2,1H3. The van der Waals surface area contributed by atoms with Gasteiger partial charge in [-0.15, -0.1) is 0 Å². The van der Waals surface area contributed by atoms with Gasteiger partial charge in [0.05, 0.1) is 5.56 Å². The van der Waals surface area contributed by atoms with E-state index in [4.69, 9.17) is 0 Å². The summed E-state index contributed by atoms with van der Waals surface area (Å²) in [5.41, 5.74) is 1.49. The minimum atomic E-state index is -4.92. The Kier molecular flexibility index (Phi) is 7.40. The zero-order chi connectivity index (χ0) is 26.7. The fourth-order valence-electron chi connectivity index (χ4n) is 3.98. The third-order valence-electron chi connectivity index (χ3n) is 5.76. The van der Waals surface area contributed by atoms with Crippen molar-refractivity contribution in [3.63, 3.8) is 0 Å². The third kappa shape index (κ3) is 6.03. The predicted molar refractivity (Wildman–Crippen MR) is 130 cm³/mol. The number of alkyl halides is 3. The lowest BCUT2D eigenvalue weighted by molar-refractivity contribution is -0.0696. The monoisotopic (exact) mass is 512 g/mol. The molecule has 0 aliphatic rings. The molecule has 0 bridgehead atoms. The number of benzene rings is 4. The van der Waals surface area contributed by atoms with E-state index in [1.54, 1.807) is 6.07 Å². The van der Waals surface area contributed by atoms with Gasteiger partial charge >= 0.3 is 6.18 Å². The fourth-order valence-corrected chi connectivity index (χ4v) is 3.98. The molecule has 188 valence electrons. The first kappa shape index (κ1) is 26.0. The number of rotatable bonds is 5. The summed E-state index contributed by atoms with van der Waals surface area (Å²) in [4.78, 5) is 0. The van der Waals surface area contributed by atoms with Crippen LogP contribution >= 0.6 is 0 Å². The summed E-state index contributed by atoms with van der Waals surface area (Å²) in [6.07, 6.45) is -2.96. The molecule has 0 amide bonds. The fraction of sp³-hybridized carbons (Fsp3) is 0.133. The van der Waals surface area contributed by atoms with Crippen molar-refractivity contribution in [1.82, 2.24) is 0 Å². The van der Waals surface area contributed by atoms with Gasteiger partial charge in [0, 0.05) is 17.0 Å². The molecule has 0 spiro atoms. The van der Waals surface area contributed by atoms with Gasteiger partial charge in [0.2, 0.25) is 0 Å². The second-order valence-electron chi connectivity index (χ2n) is 8.40. The summed E-state index contributed by atoms with van der Waals surface area (Å²) in [7, 11) is 0. The topological polar surface area (TPSA) is 0 Å². The van der Waals surface area contributed by atoms with Crippen LogP contribution in [0.5, 0.6) is 0 Å². The third-order valence-corrected chi connectivity index (χ3v) is 5.76. The van der Waals surface area contributed by atoms with E-state index in [1.165, 1.54) is 35.7 Å². The van der Waals surface area contributed by atoms with Crippen LogP contribution < -0.4 is 0 Å². The Morgan fingerprint density at radius 2 is 1.08 bits per heavy atom. The van der Waals surface area contributed by atoms with Gasteiger partial charge in [-0.2, -0.15) is 13.2 Å². The van der Waals surface area contributed by atoms with Crippen LogP contribution in [0, 0.1) is 35.1 Å². The quantitative estimate of drug-likeness (QED) is 0.185. The van der Waals surface area contributed by atoms with Crippen molar-refractivity contribution in [1.29, 1.82) is 0 Å². The molecule has 4 aromatic carbocycles. The van der Waals surface area contributed by atoms with Crippen molar-refractivity contribution in [3.05, 3.63) is 107 Å². The number of halogens is 7. The zero-order valence-electron chi connectivity index (χ0n) is 19.5. The van der Waals surface area contributed by atoms with Crippen molar-refractivity contribution in [3.8, 4) is 45.2 Å². The summed E-state index contributed by atoms with van der Waals surface area (Å²) in [6.45, 7) is 2.08. The van der Waals surface area contributed by atoms with E-state index in [0.29, 0.717) is 17.7 Å². The van der Waals surface area contributed by atoms with Gasteiger partial charge in [-0.1, -0.05) is 67.8 Å². The molecular weight excluding hydrogens is 493 g/mol. The number of aryl methyl sites for hydroxylation is 1. The number of hydrogen-bond donors (Lipinski definition) is 0. The van der Waals surface area contributed by atoms with E-state index in [2.05, 4.69) is 6.92 Å². The Labute approximate surface area is 209 Å². The molecule has 0 aromatic heterocycles. The van der Waals surface area contributed by atoms with Crippen LogP contribution in [0.4, 0.5) is 30.7 Å². The molecule has 0 atom stereocenters. The van der Waals surface area contributed by atoms with Gasteiger partial charge in [0.1, 0.15) is 23.3 Å². The lowest BCUT2D eigenvalue weighted by Crippen LogP contribution is -2.02. The van der Waals surface area contributed by atoms with Crippen molar-refractivity contribution in [2.45, 2.75) is 25.9 Å². The van der Waals surface area contributed by atoms with Crippen molar-refractivity contribution < 1.29 is 30.7 Å². The molecule has 0 saturated heterocycles. The van der Waals surface area contributed by atoms with Crippen LogP contribution in [0.25, 0.3) is 33.4 Å². The predicted octanol–water partition coefficient (Wildman–Crippen LogP) is 9.11. The zero-order valence-corrected chi connectivity index (χ0v) is 19.5. The van der Waals surface area contributed by atoms with E-state index in [-0.39, 0.29) is 22.3 Å². The van der Waals surface area contributed by atoms with Crippen molar-refractivity contribution >= 4 is 0 Å². The molecule has 0 saturated carbocycles. The molecule has 4 aromatic rings. The lowest BCUT2D eigenvalue weighted by Gasteiger charge is -2.11. The van der Waals surface area contributed by atoms with Crippen molar-refractivity contribution in [2.75, 3.05) is 0 Å². The molecule has 0 unspecified atom stereocenters. The highest BCUT2D eigenvalue weighted by molar-refractivity contribution is 5.74. The smallest absolute Gasteiger partial charge is 0.206 e. The van der Waals surface area contributed by atoms with Gasteiger partial charge in [0.25, 0.3) is 0 Å². The van der Waals surface area contributed by atoms with E-state index in [9.17, 15) is 30.7 Å². The second-order valence-corrected chi connectivity index (χ2v) is 8.40. The molecule has 0 fully saturated rings. The Morgan fingerprint density at radius 1 is 0.595 bits per heavy atom. The summed E-state index contributed by atoms with van der Waals surface area (Å²) >= 11 is 0. The molecule has 4 rings (SSSR count). The van der Waals surface area contributed by atoms with E-state index in [0.717, 1.165) is 30.4 Å². The first-order chi connectivity index (χ1) is 17.6. The van der Waals surface area contributed by atoms with E-state index >= 15 is 0 Å². The average Bonchev–Trinajstić information content (AvgIpc) is 2.83. The highest BCUT2D eigenvalue weighted by Crippen LogP contribution is 2.33. The minimum Gasteiger partial charge on any atom is -0.206 e. The Bertz CT molecular complexity index is 1480. The maximum atomic E-state index is 15.0. The Balaban J connectivity index is 1.63. The average molecular weight is 512 g/mol. The summed E-state index contributed by atoms with van der Waals surface area (Å²) in [5, 5.41) is 0. The van der Waals surface area contributed by atoms with Crippen LogP contribution in [0.3, 0.4) is 0 Å². The highest BCUT2D eigenvalue weighted by atomic mass is 19.4. The largest absolute Gasteiger partial charge is 0.458 e. The first-order valence-electron chi connectivity index (χ1n) is 11.3. The summed E-state index contributed by atoms with van der Waals surface area (Å²) in [5.74, 6) is -1.97. The molecule has 0 aliphatic carbocycles. The highest BCUT2D eigenvalue weighted by Gasteiger charge is 2.24. The van der Waals surface area contributed by atoms with Crippen LogP contribution in [-0.4, -0.2) is 6.18 Å². The lowest BCUT2D eigenvalue weighted by atomic mass is 9.96. The van der Waals surface area contributed by atoms with Crippen LogP contribution in [0.15, 0.2) is 72.8 Å². The molecule has 0 heterocycles. The number of hydrogen-bond acceptors (Lipinski definition) is 0. The molecule has 0 N–H and O–H groups in total. The normalized spacial score (nSPS) is 11.2. The minimum absolute atomic E-state index is 0.131. The summed E-state index contributed by atoms with van der Waals surface area (Å²) < 4.78 is 95.2. The van der Waals surface area contributed by atoms with Gasteiger partial charge in [0.15, 0.2) is 0 Å². The van der Waals surface area contributed by atoms with E-state index < -0.39 is 35.0 Å². The molecule has 7 heteroatoms. The van der Waals surface area contributed by atoms with Crippen molar-refractivity contribution in [2.24, 2.45) is 0 Å². The maximum Gasteiger partial charge on any atom is 0.458 e.